The van der Waals surface area contributed by atoms with Gasteiger partial charge in [-0.15, -0.1) is 0 Å². The number of allylic oxidation sites excluding steroid dienone is 1. The molecular weight excluding hydrogens is 520 g/mol. The molecule has 2 rings (SSSR count). The van der Waals surface area contributed by atoms with E-state index in [0.717, 1.165) is 0 Å². The first kappa shape index (κ1) is 32.7. The van der Waals surface area contributed by atoms with E-state index >= 15 is 0 Å². The Morgan fingerprint density at radius 1 is 1.10 bits per heavy atom. The van der Waals surface area contributed by atoms with Crippen molar-refractivity contribution in [2.24, 2.45) is 11.7 Å². The molecule has 1 aliphatic rings. The quantitative estimate of drug-likeness (QED) is 0.207. The van der Waals surface area contributed by atoms with Crippen LogP contribution in [0.5, 0.6) is 17.2 Å². The summed E-state index contributed by atoms with van der Waals surface area (Å²) in [5.74, 6) is -1.45. The highest BCUT2D eigenvalue weighted by Gasteiger charge is 2.29. The SMILES string of the molecule is COc1c(O)cc2c(O)c1C=C(C)C[C@H](OC)[C@H](O)[C@@H](C)C=C(C)[C@H](OC(N)=O)[C@@H](OC)CCC=C(C)C(=O)N2. The van der Waals surface area contributed by atoms with Crippen LogP contribution in [0, 0.1) is 5.92 Å². The predicted octanol–water partition coefficient (Wildman–Crippen LogP) is 4.02. The van der Waals surface area contributed by atoms with E-state index in [0.29, 0.717) is 29.6 Å². The molecule has 0 aliphatic carbocycles. The van der Waals surface area contributed by atoms with Crippen LogP contribution in [0.25, 0.3) is 6.08 Å². The molecule has 2 amide bonds. The maximum absolute atomic E-state index is 12.9. The number of nitrogens with one attached hydrogen (secondary N) is 1. The summed E-state index contributed by atoms with van der Waals surface area (Å²) >= 11 is 0. The molecule has 0 saturated heterocycles. The van der Waals surface area contributed by atoms with E-state index in [-0.39, 0.29) is 34.9 Å². The molecule has 1 heterocycles. The molecule has 6 N–H and O–H groups in total. The molecule has 0 spiro atoms. The van der Waals surface area contributed by atoms with Crippen molar-refractivity contribution in [3.63, 3.8) is 0 Å². The summed E-state index contributed by atoms with van der Waals surface area (Å²) in [6, 6.07) is 1.21. The van der Waals surface area contributed by atoms with Crippen molar-refractivity contribution in [2.45, 2.75) is 71.4 Å². The van der Waals surface area contributed by atoms with Gasteiger partial charge in [-0.1, -0.05) is 24.6 Å². The van der Waals surface area contributed by atoms with Crippen molar-refractivity contribution in [1.82, 2.24) is 0 Å². The van der Waals surface area contributed by atoms with Gasteiger partial charge in [-0.2, -0.15) is 0 Å². The first-order valence-corrected chi connectivity index (χ1v) is 13.0. The number of rotatable bonds is 4. The third kappa shape index (κ3) is 8.23. The second-order valence-electron chi connectivity index (χ2n) is 10.0. The summed E-state index contributed by atoms with van der Waals surface area (Å²) in [6.45, 7) is 6.97. The Morgan fingerprint density at radius 3 is 2.33 bits per heavy atom. The Morgan fingerprint density at radius 2 is 1.75 bits per heavy atom. The zero-order valence-electron chi connectivity index (χ0n) is 24.2. The van der Waals surface area contributed by atoms with Crippen LogP contribution in [0.4, 0.5) is 10.5 Å². The molecule has 11 nitrogen and oxygen atoms in total. The molecule has 5 atom stereocenters. The molecule has 1 aliphatic heterocycles. The van der Waals surface area contributed by atoms with E-state index in [1.165, 1.54) is 27.4 Å². The highest BCUT2D eigenvalue weighted by atomic mass is 16.6. The van der Waals surface area contributed by atoms with Crippen LogP contribution in [0.2, 0.25) is 0 Å². The zero-order chi connectivity index (χ0) is 30.1. The summed E-state index contributed by atoms with van der Waals surface area (Å²) in [4.78, 5) is 24.6. The molecule has 0 saturated carbocycles. The van der Waals surface area contributed by atoms with Crippen molar-refractivity contribution in [3.05, 3.63) is 40.5 Å². The number of methoxy groups -OCH3 is 3. The van der Waals surface area contributed by atoms with Gasteiger partial charge in [-0.3, -0.25) is 4.79 Å². The van der Waals surface area contributed by atoms with Gasteiger partial charge in [0.2, 0.25) is 0 Å². The Balaban J connectivity index is 2.66. The van der Waals surface area contributed by atoms with Gasteiger partial charge in [0.25, 0.3) is 5.91 Å². The molecule has 1 aromatic rings. The van der Waals surface area contributed by atoms with Crippen LogP contribution in [0.3, 0.4) is 0 Å². The number of nitrogens with two attached hydrogens (primary N) is 1. The van der Waals surface area contributed by atoms with Crippen LogP contribution < -0.4 is 15.8 Å². The number of phenolic OH excluding ortho intramolecular Hbond substituents is 2. The van der Waals surface area contributed by atoms with Gasteiger partial charge in [-0.25, -0.2) is 4.79 Å². The maximum atomic E-state index is 12.9. The largest absolute Gasteiger partial charge is 0.505 e. The summed E-state index contributed by atoms with van der Waals surface area (Å²) in [5, 5.41) is 35.4. The fourth-order valence-electron chi connectivity index (χ4n) is 4.78. The van der Waals surface area contributed by atoms with Crippen LogP contribution in [0.1, 0.15) is 52.5 Å². The number of carbonyl (C=O) groups is 2. The van der Waals surface area contributed by atoms with Crippen molar-refractivity contribution in [1.29, 1.82) is 0 Å². The number of aromatic hydroxyl groups is 2. The summed E-state index contributed by atoms with van der Waals surface area (Å²) in [6.07, 6.45) is 2.13. The first-order valence-electron chi connectivity index (χ1n) is 13.0. The van der Waals surface area contributed by atoms with Gasteiger partial charge in [-0.05, 0) is 51.7 Å². The molecule has 11 heteroatoms. The smallest absolute Gasteiger partial charge is 0.405 e. The number of amides is 2. The van der Waals surface area contributed by atoms with Gasteiger partial charge < -0.3 is 45.3 Å². The lowest BCUT2D eigenvalue weighted by atomic mass is 9.91. The number of primary amides is 1. The molecule has 0 aromatic heterocycles. The Hall–Kier alpha value is -3.54. The van der Waals surface area contributed by atoms with Gasteiger partial charge in [0.15, 0.2) is 17.6 Å². The lowest BCUT2D eigenvalue weighted by molar-refractivity contribution is -0.112. The number of benzene rings is 1. The third-order valence-corrected chi connectivity index (χ3v) is 6.98. The third-order valence-electron chi connectivity index (χ3n) is 6.98. The number of aliphatic hydroxyl groups is 1. The van der Waals surface area contributed by atoms with Crippen molar-refractivity contribution < 1.29 is 43.9 Å². The van der Waals surface area contributed by atoms with Crippen LogP contribution in [0.15, 0.2) is 34.9 Å². The molecule has 0 fully saturated rings. The minimum absolute atomic E-state index is 0.00511. The average Bonchev–Trinajstić information content (AvgIpc) is 2.90. The normalized spacial score (nSPS) is 25.2. The predicted molar refractivity (Wildman–Crippen MR) is 151 cm³/mol. The Bertz CT molecular complexity index is 1160. The highest BCUT2D eigenvalue weighted by Crippen LogP contribution is 2.43. The van der Waals surface area contributed by atoms with Gasteiger partial charge in [0.1, 0.15) is 5.75 Å². The number of hydrogen-bond donors (Lipinski definition) is 5. The summed E-state index contributed by atoms with van der Waals surface area (Å²) in [7, 11) is 4.32. The van der Waals surface area contributed by atoms with E-state index in [4.69, 9.17) is 24.7 Å². The topological polar surface area (TPSA) is 170 Å². The van der Waals surface area contributed by atoms with E-state index in [1.54, 1.807) is 39.0 Å². The highest BCUT2D eigenvalue weighted by molar-refractivity contribution is 6.04. The van der Waals surface area contributed by atoms with E-state index in [2.05, 4.69) is 5.32 Å². The average molecular weight is 563 g/mol. The number of fused-ring (bicyclic) bond motifs is 2. The van der Waals surface area contributed by atoms with Gasteiger partial charge in [0.05, 0.1) is 36.7 Å². The monoisotopic (exact) mass is 562 g/mol. The second kappa shape index (κ2) is 14.7. The van der Waals surface area contributed by atoms with E-state index in [1.807, 2.05) is 6.92 Å². The number of ether oxygens (including phenoxy) is 4. The Labute approximate surface area is 235 Å². The molecule has 40 heavy (non-hydrogen) atoms. The fourth-order valence-corrected chi connectivity index (χ4v) is 4.78. The number of carbonyl (C=O) groups excluding carboxylic acids is 2. The molecule has 2 bridgehead atoms. The molecule has 0 radical (unpaired) electrons. The van der Waals surface area contributed by atoms with Crippen molar-refractivity contribution >= 4 is 23.8 Å². The van der Waals surface area contributed by atoms with Gasteiger partial charge in [0, 0.05) is 31.8 Å². The maximum Gasteiger partial charge on any atom is 0.405 e. The lowest BCUT2D eigenvalue weighted by Crippen LogP contribution is -2.37. The number of aliphatic hydroxyl groups excluding tert-OH is 1. The lowest BCUT2D eigenvalue weighted by Gasteiger charge is -2.29. The van der Waals surface area contributed by atoms with E-state index < -0.39 is 42.3 Å². The van der Waals surface area contributed by atoms with Crippen molar-refractivity contribution in [3.8, 4) is 17.2 Å². The molecular formula is C29H42N2O9. The molecule has 222 valence electrons. The van der Waals surface area contributed by atoms with Crippen LogP contribution in [-0.2, 0) is 19.0 Å². The standard InChI is InChI=1S/C29H42N2O9/c1-15-11-19-25(34)20(14-21(32)27(19)39-7)31-28(35)16(2)9-8-10-22(37-5)26(40-29(30)36)18(4)13-17(3)24(33)23(12-15)38-6/h9,11,13-14,17,22-24,26,32-34H,8,10,12H2,1-7H3,(H2,30,36)(H,31,35)/t17-,22-,23-,24+,26-/m0/s1. The van der Waals surface area contributed by atoms with Gasteiger partial charge >= 0.3 is 6.09 Å². The Kier molecular flexibility index (Phi) is 12.0. The number of hydrogen-bond acceptors (Lipinski definition) is 9. The summed E-state index contributed by atoms with van der Waals surface area (Å²) in [5.41, 5.74) is 7.19. The summed E-state index contributed by atoms with van der Waals surface area (Å²) < 4.78 is 21.9. The number of anilines is 1. The van der Waals surface area contributed by atoms with Crippen LogP contribution in [-0.4, -0.2) is 73.1 Å². The minimum Gasteiger partial charge on any atom is -0.505 e. The fraction of sp³-hybridized carbons (Fsp3) is 0.517. The van der Waals surface area contributed by atoms with Crippen molar-refractivity contribution in [2.75, 3.05) is 26.6 Å². The van der Waals surface area contributed by atoms with E-state index in [9.17, 15) is 24.9 Å². The second-order valence-corrected chi connectivity index (χ2v) is 10.0. The first-order chi connectivity index (χ1) is 18.8. The minimum atomic E-state index is -0.965. The van der Waals surface area contributed by atoms with Crippen LogP contribution >= 0.6 is 0 Å². The zero-order valence-corrected chi connectivity index (χ0v) is 24.2. The number of phenols is 2. The molecule has 1 aromatic carbocycles. The molecule has 0 unspecified atom stereocenters.